The number of benzene rings is 2. The maximum absolute atomic E-state index is 14.5. The Bertz CT molecular complexity index is 1300. The topological polar surface area (TPSA) is 77.4 Å². The quantitative estimate of drug-likeness (QED) is 0.372. The molecule has 0 atom stereocenters. The third-order valence-electron chi connectivity index (χ3n) is 5.10. The van der Waals surface area contributed by atoms with Crippen molar-refractivity contribution < 1.29 is 22.3 Å². The lowest BCUT2D eigenvalue weighted by Gasteiger charge is -2.08. The molecule has 0 radical (unpaired) electrons. The smallest absolute Gasteiger partial charge is 0.338 e. The number of rotatable bonds is 8. The van der Waals surface area contributed by atoms with Crippen LogP contribution in [0.4, 0.5) is 4.39 Å². The molecule has 9 heteroatoms. The number of nitrogens with one attached hydrogen (secondary N) is 1. The van der Waals surface area contributed by atoms with Crippen molar-refractivity contribution in [3.63, 3.8) is 0 Å². The van der Waals surface area contributed by atoms with Crippen molar-refractivity contribution in [2.75, 3.05) is 19.4 Å². The molecule has 1 heterocycles. The summed E-state index contributed by atoms with van der Waals surface area (Å²) in [6, 6.07) is 11.6. The number of nitrogens with zero attached hydrogens (tertiary/aromatic N) is 1. The van der Waals surface area contributed by atoms with Crippen molar-refractivity contribution in [3.8, 4) is 11.1 Å². The molecule has 0 spiro atoms. The minimum atomic E-state index is -3.42. The van der Waals surface area contributed by atoms with Gasteiger partial charge >= 0.3 is 5.97 Å². The first-order valence-corrected chi connectivity index (χ1v) is 12.2. The van der Waals surface area contributed by atoms with E-state index < -0.39 is 15.8 Å². The van der Waals surface area contributed by atoms with E-state index >= 15 is 0 Å². The molecule has 170 valence electrons. The SMILES string of the molecule is CCOC(=O)c1ccc2c(c1)c(-c1cccc(S(C)(=O)=O)c1)c(C)n2C/C(F)=C/CNCl. The summed E-state index contributed by atoms with van der Waals surface area (Å²) in [5.41, 5.74) is 3.17. The van der Waals surface area contributed by atoms with Gasteiger partial charge in [0.25, 0.3) is 0 Å². The van der Waals surface area contributed by atoms with Crippen LogP contribution >= 0.6 is 11.8 Å². The van der Waals surface area contributed by atoms with E-state index in [-0.39, 0.29) is 30.4 Å². The van der Waals surface area contributed by atoms with E-state index in [0.717, 1.165) is 17.5 Å². The normalized spacial score (nSPS) is 12.3. The van der Waals surface area contributed by atoms with E-state index in [2.05, 4.69) is 4.84 Å². The predicted molar refractivity (Wildman–Crippen MR) is 124 cm³/mol. The highest BCUT2D eigenvalue weighted by molar-refractivity contribution is 7.90. The molecule has 2 aromatic carbocycles. The second-order valence-electron chi connectivity index (χ2n) is 7.29. The van der Waals surface area contributed by atoms with Gasteiger partial charge in [0.05, 0.1) is 23.6 Å². The largest absolute Gasteiger partial charge is 0.462 e. The zero-order valence-corrected chi connectivity index (χ0v) is 19.6. The van der Waals surface area contributed by atoms with Gasteiger partial charge in [-0.1, -0.05) is 12.1 Å². The highest BCUT2D eigenvalue weighted by Crippen LogP contribution is 2.36. The van der Waals surface area contributed by atoms with Crippen LogP contribution in [-0.4, -0.2) is 38.4 Å². The number of carbonyl (C=O) groups excluding carboxylic acids is 1. The third kappa shape index (κ3) is 5.03. The molecule has 1 N–H and O–H groups in total. The van der Waals surface area contributed by atoms with Crippen molar-refractivity contribution in [2.45, 2.75) is 25.3 Å². The molecule has 0 fully saturated rings. The summed E-state index contributed by atoms with van der Waals surface area (Å²) in [6.45, 7) is 3.93. The van der Waals surface area contributed by atoms with Gasteiger partial charge in [-0.05, 0) is 67.6 Å². The van der Waals surface area contributed by atoms with Crippen LogP contribution in [0.2, 0.25) is 0 Å². The van der Waals surface area contributed by atoms with Crippen LogP contribution in [0.1, 0.15) is 23.0 Å². The Morgan fingerprint density at radius 1 is 1.25 bits per heavy atom. The van der Waals surface area contributed by atoms with Crippen LogP contribution in [0.25, 0.3) is 22.0 Å². The molecule has 0 aliphatic rings. The second kappa shape index (κ2) is 9.85. The lowest BCUT2D eigenvalue weighted by atomic mass is 10.0. The first-order valence-electron chi connectivity index (χ1n) is 9.95. The number of ether oxygens (including phenoxy) is 1. The number of allylic oxidation sites excluding steroid dienone is 1. The van der Waals surface area contributed by atoms with Gasteiger partial charge in [-0.25, -0.2) is 22.4 Å². The van der Waals surface area contributed by atoms with E-state index in [1.54, 1.807) is 47.9 Å². The number of sulfone groups is 1. The van der Waals surface area contributed by atoms with E-state index in [0.29, 0.717) is 22.0 Å². The Morgan fingerprint density at radius 3 is 2.66 bits per heavy atom. The van der Waals surface area contributed by atoms with Gasteiger partial charge in [-0.15, -0.1) is 0 Å². The van der Waals surface area contributed by atoms with Crippen molar-refractivity contribution >= 4 is 38.5 Å². The molecule has 0 bridgehead atoms. The Kier molecular flexibility index (Phi) is 7.38. The van der Waals surface area contributed by atoms with E-state index in [1.165, 1.54) is 12.1 Å². The van der Waals surface area contributed by atoms with E-state index in [4.69, 9.17) is 16.5 Å². The van der Waals surface area contributed by atoms with Gasteiger partial charge in [0.15, 0.2) is 9.84 Å². The maximum Gasteiger partial charge on any atom is 0.338 e. The second-order valence-corrected chi connectivity index (χ2v) is 9.57. The van der Waals surface area contributed by atoms with Crippen LogP contribution in [0.15, 0.2) is 59.3 Å². The average Bonchev–Trinajstić information content (AvgIpc) is 3.02. The molecule has 3 aromatic rings. The minimum absolute atomic E-state index is 0.0363. The Hall–Kier alpha value is -2.68. The Balaban J connectivity index is 2.27. The fourth-order valence-electron chi connectivity index (χ4n) is 3.64. The first-order chi connectivity index (χ1) is 15.2. The molecule has 6 nitrogen and oxygen atoms in total. The molecule has 0 aliphatic heterocycles. The zero-order chi connectivity index (χ0) is 23.5. The van der Waals surface area contributed by atoms with Crippen LogP contribution in [-0.2, 0) is 21.1 Å². The van der Waals surface area contributed by atoms with E-state index in [9.17, 15) is 17.6 Å². The van der Waals surface area contributed by atoms with Crippen molar-refractivity contribution in [3.05, 3.63) is 65.6 Å². The summed E-state index contributed by atoms with van der Waals surface area (Å²) < 4.78 is 45.6. The molecule has 1 aromatic heterocycles. The standard InChI is InChI=1S/C23H24ClFN2O4S/c1-4-31-23(28)17-8-9-21-20(13-17)22(15(2)27(21)14-18(25)10-11-26-24)16-6-5-7-19(12-16)32(3,29)30/h5-10,12-13,26H,4,11,14H2,1-3H3/b18-10-. The van der Waals surface area contributed by atoms with Gasteiger partial charge in [-0.3, -0.25) is 0 Å². The molecular weight excluding hydrogens is 455 g/mol. The van der Waals surface area contributed by atoms with Crippen LogP contribution in [0.3, 0.4) is 0 Å². The summed E-state index contributed by atoms with van der Waals surface area (Å²) >= 11 is 5.42. The van der Waals surface area contributed by atoms with Gasteiger partial charge in [-0.2, -0.15) is 0 Å². The number of fused-ring (bicyclic) bond motifs is 1. The van der Waals surface area contributed by atoms with E-state index in [1.807, 2.05) is 6.92 Å². The fraction of sp³-hybridized carbons (Fsp3) is 0.261. The third-order valence-corrected chi connectivity index (χ3v) is 6.36. The lowest BCUT2D eigenvalue weighted by molar-refractivity contribution is 0.0526. The molecule has 3 rings (SSSR count). The summed E-state index contributed by atoms with van der Waals surface area (Å²) in [6.07, 6.45) is 2.49. The molecule has 0 saturated heterocycles. The highest BCUT2D eigenvalue weighted by Gasteiger charge is 2.20. The number of aromatic nitrogens is 1. The summed E-state index contributed by atoms with van der Waals surface area (Å²) in [5.74, 6) is -0.848. The number of hydrogen-bond acceptors (Lipinski definition) is 5. The minimum Gasteiger partial charge on any atom is -0.462 e. The van der Waals surface area contributed by atoms with Crippen molar-refractivity contribution in [2.24, 2.45) is 0 Å². The monoisotopic (exact) mass is 478 g/mol. The van der Waals surface area contributed by atoms with Gasteiger partial charge in [0.1, 0.15) is 5.83 Å². The Morgan fingerprint density at radius 2 is 2.00 bits per heavy atom. The van der Waals surface area contributed by atoms with Crippen molar-refractivity contribution in [1.82, 2.24) is 9.40 Å². The molecule has 0 aliphatic carbocycles. The fourth-order valence-corrected chi connectivity index (χ4v) is 4.38. The van der Waals surface area contributed by atoms with Crippen LogP contribution in [0.5, 0.6) is 0 Å². The number of hydrogen-bond donors (Lipinski definition) is 1. The molecular formula is C23H24ClFN2O4S. The molecule has 0 unspecified atom stereocenters. The van der Waals surface area contributed by atoms with Crippen LogP contribution in [0, 0.1) is 6.92 Å². The lowest BCUT2D eigenvalue weighted by Crippen LogP contribution is -2.05. The number of carbonyl (C=O) groups is 1. The van der Waals surface area contributed by atoms with Gasteiger partial charge in [0.2, 0.25) is 0 Å². The summed E-state index contributed by atoms with van der Waals surface area (Å²) in [4.78, 5) is 14.8. The van der Waals surface area contributed by atoms with Gasteiger partial charge < -0.3 is 9.30 Å². The van der Waals surface area contributed by atoms with Crippen LogP contribution < -0.4 is 4.84 Å². The molecule has 32 heavy (non-hydrogen) atoms. The average molecular weight is 479 g/mol. The Labute approximate surface area is 191 Å². The molecule has 0 saturated carbocycles. The summed E-state index contributed by atoms with van der Waals surface area (Å²) in [5, 5.41) is 0.696. The summed E-state index contributed by atoms with van der Waals surface area (Å²) in [7, 11) is -3.42. The first kappa shape index (κ1) is 24.0. The van der Waals surface area contributed by atoms with Crippen molar-refractivity contribution in [1.29, 1.82) is 0 Å². The molecule has 0 amide bonds. The predicted octanol–water partition coefficient (Wildman–Crippen LogP) is 4.79. The number of esters is 1. The number of halogens is 2. The highest BCUT2D eigenvalue weighted by atomic mass is 35.5. The van der Waals surface area contributed by atoms with Gasteiger partial charge in [0, 0.05) is 35.0 Å². The maximum atomic E-state index is 14.5. The zero-order valence-electron chi connectivity index (χ0n) is 18.0.